The minimum Gasteiger partial charge on any atom is -0.367 e. The molecule has 6 nitrogen and oxygen atoms in total. The van der Waals surface area contributed by atoms with E-state index in [2.05, 4.69) is 26.3 Å². The Hall–Kier alpha value is -1.73. The number of nitrogens with one attached hydrogen (secondary N) is 1. The Kier molecular flexibility index (Phi) is 4.54. The lowest BCUT2D eigenvalue weighted by molar-refractivity contribution is -0.130. The van der Waals surface area contributed by atoms with Crippen LogP contribution in [0.3, 0.4) is 0 Å². The average molecular weight is 319 g/mol. The maximum absolute atomic E-state index is 11.8. The zero-order valence-corrected chi connectivity index (χ0v) is 13.8. The quantitative estimate of drug-likeness (QED) is 0.928. The number of piperidine rings is 1. The summed E-state index contributed by atoms with van der Waals surface area (Å²) in [6.45, 7) is 2.40. The Morgan fingerprint density at radius 2 is 2.18 bits per heavy atom. The number of thiophene rings is 1. The molecule has 0 bridgehead atoms. The minimum absolute atomic E-state index is 0.169. The summed E-state index contributed by atoms with van der Waals surface area (Å²) in [5.74, 6) is 1.09. The fourth-order valence-electron chi connectivity index (χ4n) is 2.67. The summed E-state index contributed by atoms with van der Waals surface area (Å²) in [5.41, 5.74) is 0. The number of aromatic nitrogens is 2. The van der Waals surface area contributed by atoms with Crippen molar-refractivity contribution in [2.24, 2.45) is 0 Å². The number of hydrogen-bond donors (Lipinski definition) is 1. The van der Waals surface area contributed by atoms with Gasteiger partial charge in [0.25, 0.3) is 0 Å². The van der Waals surface area contributed by atoms with Gasteiger partial charge in [-0.15, -0.1) is 11.3 Å². The van der Waals surface area contributed by atoms with E-state index in [9.17, 15) is 4.79 Å². The van der Waals surface area contributed by atoms with E-state index in [1.807, 2.05) is 5.38 Å². The summed E-state index contributed by atoms with van der Waals surface area (Å²) in [6, 6.07) is 2.47. The zero-order chi connectivity index (χ0) is 15.5. The fourth-order valence-corrected chi connectivity index (χ4v) is 3.40. The second-order valence-corrected chi connectivity index (χ2v) is 6.74. The highest BCUT2D eigenvalue weighted by Crippen LogP contribution is 2.25. The SMILES string of the molecule is CN(C)C(=O)CN1CCC(Nc2ncnc3sccc23)CC1. The van der Waals surface area contributed by atoms with Gasteiger partial charge in [-0.05, 0) is 24.3 Å². The first kappa shape index (κ1) is 15.2. The van der Waals surface area contributed by atoms with Crippen LogP contribution in [0.1, 0.15) is 12.8 Å². The predicted molar refractivity (Wildman–Crippen MR) is 89.2 cm³/mol. The van der Waals surface area contributed by atoms with E-state index in [0.29, 0.717) is 12.6 Å². The van der Waals surface area contributed by atoms with Crippen molar-refractivity contribution in [3.05, 3.63) is 17.8 Å². The van der Waals surface area contributed by atoms with Gasteiger partial charge < -0.3 is 10.2 Å². The van der Waals surface area contributed by atoms with E-state index in [4.69, 9.17) is 0 Å². The number of hydrogen-bond acceptors (Lipinski definition) is 6. The monoisotopic (exact) mass is 319 g/mol. The number of carbonyl (C=O) groups excluding carboxylic acids is 1. The summed E-state index contributed by atoms with van der Waals surface area (Å²) in [5, 5.41) is 6.68. The molecule has 0 saturated carbocycles. The number of fused-ring (bicyclic) bond motifs is 1. The van der Waals surface area contributed by atoms with Crippen molar-refractivity contribution in [3.8, 4) is 0 Å². The number of nitrogens with zero attached hydrogens (tertiary/aromatic N) is 4. The van der Waals surface area contributed by atoms with Crippen LogP contribution in [0, 0.1) is 0 Å². The molecule has 0 radical (unpaired) electrons. The maximum Gasteiger partial charge on any atom is 0.236 e. The van der Waals surface area contributed by atoms with Gasteiger partial charge in [-0.25, -0.2) is 9.97 Å². The first-order chi connectivity index (χ1) is 10.6. The van der Waals surface area contributed by atoms with Crippen LogP contribution in [0.5, 0.6) is 0 Å². The highest BCUT2D eigenvalue weighted by molar-refractivity contribution is 7.16. The lowest BCUT2D eigenvalue weighted by atomic mass is 10.0. The van der Waals surface area contributed by atoms with Crippen LogP contribution in [0.4, 0.5) is 5.82 Å². The molecule has 3 rings (SSSR count). The van der Waals surface area contributed by atoms with E-state index in [1.165, 1.54) is 0 Å². The molecule has 1 aliphatic heterocycles. The largest absolute Gasteiger partial charge is 0.367 e. The molecule has 2 aromatic rings. The van der Waals surface area contributed by atoms with Gasteiger partial charge in [-0.1, -0.05) is 0 Å². The van der Waals surface area contributed by atoms with Crippen LogP contribution in [0.2, 0.25) is 0 Å². The Balaban J connectivity index is 1.56. The second-order valence-electron chi connectivity index (χ2n) is 5.84. The molecule has 1 aliphatic rings. The van der Waals surface area contributed by atoms with Crippen molar-refractivity contribution in [2.45, 2.75) is 18.9 Å². The first-order valence-electron chi connectivity index (χ1n) is 7.51. The lowest BCUT2D eigenvalue weighted by Crippen LogP contribution is -2.44. The molecule has 0 atom stereocenters. The van der Waals surface area contributed by atoms with Crippen LogP contribution < -0.4 is 5.32 Å². The molecule has 0 aliphatic carbocycles. The van der Waals surface area contributed by atoms with Gasteiger partial charge in [-0.3, -0.25) is 9.69 Å². The molecule has 1 N–H and O–H groups in total. The Morgan fingerprint density at radius 3 is 2.91 bits per heavy atom. The number of likely N-dealkylation sites (N-methyl/N-ethyl adjacent to an activating group) is 1. The highest BCUT2D eigenvalue weighted by atomic mass is 32.1. The van der Waals surface area contributed by atoms with E-state index in [1.54, 1.807) is 36.7 Å². The zero-order valence-electron chi connectivity index (χ0n) is 13.0. The smallest absolute Gasteiger partial charge is 0.236 e. The van der Waals surface area contributed by atoms with Gasteiger partial charge in [0.15, 0.2) is 0 Å². The topological polar surface area (TPSA) is 61.4 Å². The van der Waals surface area contributed by atoms with E-state index < -0.39 is 0 Å². The van der Waals surface area contributed by atoms with Crippen molar-refractivity contribution >= 4 is 33.3 Å². The number of anilines is 1. The summed E-state index contributed by atoms with van der Waals surface area (Å²) in [4.78, 5) is 25.3. The third-order valence-corrected chi connectivity index (χ3v) is 4.87. The number of amides is 1. The van der Waals surface area contributed by atoms with Crippen molar-refractivity contribution in [2.75, 3.05) is 39.0 Å². The van der Waals surface area contributed by atoms with Gasteiger partial charge in [0, 0.05) is 33.2 Å². The first-order valence-corrected chi connectivity index (χ1v) is 8.38. The number of likely N-dealkylation sites (tertiary alicyclic amines) is 1. The highest BCUT2D eigenvalue weighted by Gasteiger charge is 2.22. The van der Waals surface area contributed by atoms with Crippen LogP contribution >= 0.6 is 11.3 Å². The molecule has 0 aromatic carbocycles. The molecule has 118 valence electrons. The van der Waals surface area contributed by atoms with Gasteiger partial charge >= 0.3 is 0 Å². The Labute approximate surface area is 134 Å². The summed E-state index contributed by atoms with van der Waals surface area (Å²) >= 11 is 1.63. The van der Waals surface area contributed by atoms with Crippen LogP contribution in [-0.2, 0) is 4.79 Å². The van der Waals surface area contributed by atoms with Crippen LogP contribution in [0.15, 0.2) is 17.8 Å². The number of rotatable bonds is 4. The third kappa shape index (κ3) is 3.36. The summed E-state index contributed by atoms with van der Waals surface area (Å²) in [6.07, 6.45) is 3.67. The van der Waals surface area contributed by atoms with Crippen molar-refractivity contribution in [1.82, 2.24) is 19.8 Å². The molecular weight excluding hydrogens is 298 g/mol. The van der Waals surface area contributed by atoms with E-state index in [0.717, 1.165) is 42.0 Å². The molecule has 3 heterocycles. The number of carbonyl (C=O) groups is 1. The van der Waals surface area contributed by atoms with Gasteiger partial charge in [0.05, 0.1) is 11.9 Å². The molecular formula is C15H21N5OS. The summed E-state index contributed by atoms with van der Waals surface area (Å²) in [7, 11) is 3.61. The van der Waals surface area contributed by atoms with Crippen LogP contribution in [-0.4, -0.2) is 65.4 Å². The molecule has 2 aromatic heterocycles. The molecule has 1 amide bonds. The average Bonchev–Trinajstić information content (AvgIpc) is 2.98. The molecule has 1 fully saturated rings. The minimum atomic E-state index is 0.169. The van der Waals surface area contributed by atoms with E-state index in [-0.39, 0.29) is 5.91 Å². The normalized spacial score (nSPS) is 16.8. The van der Waals surface area contributed by atoms with Crippen molar-refractivity contribution < 1.29 is 4.79 Å². The molecule has 1 saturated heterocycles. The van der Waals surface area contributed by atoms with Gasteiger partial charge in [-0.2, -0.15) is 0 Å². The maximum atomic E-state index is 11.8. The van der Waals surface area contributed by atoms with E-state index >= 15 is 0 Å². The van der Waals surface area contributed by atoms with Crippen molar-refractivity contribution in [1.29, 1.82) is 0 Å². The molecule has 22 heavy (non-hydrogen) atoms. The standard InChI is InChI=1S/C15H21N5OS/c1-19(2)13(21)9-20-6-3-11(4-7-20)18-14-12-5-8-22-15(12)17-10-16-14/h5,8,10-11H,3-4,6-7,9H2,1-2H3,(H,16,17,18). The lowest BCUT2D eigenvalue weighted by Gasteiger charge is -2.32. The van der Waals surface area contributed by atoms with Gasteiger partial charge in [0.1, 0.15) is 17.0 Å². The third-order valence-electron chi connectivity index (χ3n) is 4.05. The fraction of sp³-hybridized carbons (Fsp3) is 0.533. The Bertz CT molecular complexity index is 648. The second kappa shape index (κ2) is 6.58. The molecule has 7 heteroatoms. The Morgan fingerprint density at radius 1 is 1.41 bits per heavy atom. The molecule has 0 spiro atoms. The summed E-state index contributed by atoms with van der Waals surface area (Å²) < 4.78 is 0. The van der Waals surface area contributed by atoms with Gasteiger partial charge in [0.2, 0.25) is 5.91 Å². The van der Waals surface area contributed by atoms with Crippen molar-refractivity contribution in [3.63, 3.8) is 0 Å². The molecule has 0 unspecified atom stereocenters. The predicted octanol–water partition coefficient (Wildman–Crippen LogP) is 1.66. The van der Waals surface area contributed by atoms with Crippen LogP contribution in [0.25, 0.3) is 10.2 Å².